The third-order valence-corrected chi connectivity index (χ3v) is 4.37. The van der Waals surface area contributed by atoms with Gasteiger partial charge in [-0.1, -0.05) is 0 Å². The van der Waals surface area contributed by atoms with Gasteiger partial charge in [0, 0.05) is 19.3 Å². The molecule has 1 amide bonds. The van der Waals surface area contributed by atoms with Crippen molar-refractivity contribution < 1.29 is 9.72 Å². The van der Waals surface area contributed by atoms with Crippen LogP contribution in [0, 0.1) is 30.9 Å². The predicted molar refractivity (Wildman–Crippen MR) is 90.6 cm³/mol. The number of carbonyl (C=O) groups is 1. The molecule has 0 spiro atoms. The van der Waals surface area contributed by atoms with Crippen LogP contribution in [-0.4, -0.2) is 36.9 Å². The number of carbonyl (C=O) groups excluding carboxylic acids is 1. The molecule has 0 saturated heterocycles. The van der Waals surface area contributed by atoms with Crippen LogP contribution in [-0.2, 0) is 17.9 Å². The maximum Gasteiger partial charge on any atom is 0.312 e. The van der Waals surface area contributed by atoms with Gasteiger partial charge in [-0.05, 0) is 43.1 Å². The average Bonchev–Trinajstić information content (AvgIpc) is 2.95. The lowest BCUT2D eigenvalue weighted by atomic mass is 10.3. The van der Waals surface area contributed by atoms with Gasteiger partial charge in [0.05, 0.1) is 15.1 Å². The van der Waals surface area contributed by atoms with Crippen molar-refractivity contribution in [3.63, 3.8) is 0 Å². The normalized spacial score (nSPS) is 10.8. The third-order valence-electron chi connectivity index (χ3n) is 3.59. The van der Waals surface area contributed by atoms with Crippen LogP contribution >= 0.6 is 15.9 Å². The van der Waals surface area contributed by atoms with E-state index < -0.39 is 4.92 Å². The molecule has 9 nitrogen and oxygen atoms in total. The molecule has 2 aromatic heterocycles. The van der Waals surface area contributed by atoms with Crippen LogP contribution in [0.5, 0.6) is 0 Å². The molecule has 0 radical (unpaired) electrons. The topological polar surface area (TPSA) is 108 Å². The predicted octanol–water partition coefficient (Wildman–Crippen LogP) is 1.88. The molecular formula is C14H19BrN6O3. The number of nitrogens with one attached hydrogen (secondary N) is 1. The quantitative estimate of drug-likeness (QED) is 0.435. The summed E-state index contributed by atoms with van der Waals surface area (Å²) in [4.78, 5) is 22.4. The molecule has 0 aliphatic carbocycles. The molecule has 1 N–H and O–H groups in total. The van der Waals surface area contributed by atoms with Crippen LogP contribution in [0.2, 0.25) is 0 Å². The van der Waals surface area contributed by atoms with E-state index in [9.17, 15) is 14.9 Å². The first-order valence-electron chi connectivity index (χ1n) is 7.44. The molecule has 0 fully saturated rings. The number of hydrogen-bond acceptors (Lipinski definition) is 5. The number of amides is 1. The monoisotopic (exact) mass is 398 g/mol. The molecule has 0 bridgehead atoms. The molecule has 0 aromatic carbocycles. The maximum absolute atomic E-state index is 12.0. The van der Waals surface area contributed by atoms with E-state index in [0.29, 0.717) is 24.5 Å². The van der Waals surface area contributed by atoms with Gasteiger partial charge in [-0.15, -0.1) is 0 Å². The van der Waals surface area contributed by atoms with E-state index >= 15 is 0 Å². The van der Waals surface area contributed by atoms with Gasteiger partial charge in [0.15, 0.2) is 0 Å². The van der Waals surface area contributed by atoms with Gasteiger partial charge in [0.2, 0.25) is 5.91 Å². The number of nitrogens with zero attached hydrogens (tertiary/aromatic N) is 5. The Morgan fingerprint density at radius 3 is 2.58 bits per heavy atom. The van der Waals surface area contributed by atoms with Crippen molar-refractivity contribution in [3.8, 4) is 0 Å². The summed E-state index contributed by atoms with van der Waals surface area (Å²) in [6.45, 7) is 6.21. The van der Waals surface area contributed by atoms with Crippen LogP contribution in [0.15, 0.2) is 10.7 Å². The fourth-order valence-corrected chi connectivity index (χ4v) is 2.69. The molecule has 2 heterocycles. The van der Waals surface area contributed by atoms with Crippen LogP contribution in [0.1, 0.15) is 23.5 Å². The van der Waals surface area contributed by atoms with E-state index in [0.717, 1.165) is 16.6 Å². The summed E-state index contributed by atoms with van der Waals surface area (Å²) in [7, 11) is 0. The van der Waals surface area contributed by atoms with Gasteiger partial charge in [0.25, 0.3) is 0 Å². The highest BCUT2D eigenvalue weighted by Crippen LogP contribution is 2.21. The van der Waals surface area contributed by atoms with E-state index in [1.54, 1.807) is 13.8 Å². The summed E-state index contributed by atoms with van der Waals surface area (Å²) in [6, 6.07) is 0. The summed E-state index contributed by atoms with van der Waals surface area (Å²) in [5, 5.41) is 22.1. The number of aryl methyl sites for hydroxylation is 3. The van der Waals surface area contributed by atoms with Crippen LogP contribution in [0.4, 0.5) is 5.69 Å². The number of aromatic nitrogens is 4. The zero-order chi connectivity index (χ0) is 17.9. The minimum absolute atomic E-state index is 0.0348. The van der Waals surface area contributed by atoms with Crippen molar-refractivity contribution in [2.24, 2.45) is 0 Å². The van der Waals surface area contributed by atoms with Crippen LogP contribution < -0.4 is 5.32 Å². The van der Waals surface area contributed by atoms with Crippen molar-refractivity contribution >= 4 is 27.5 Å². The Bertz CT molecular complexity index is 747. The second-order valence-corrected chi connectivity index (χ2v) is 6.32. The highest BCUT2D eigenvalue weighted by molar-refractivity contribution is 9.10. The Balaban J connectivity index is 1.81. The molecule has 0 saturated carbocycles. The first-order chi connectivity index (χ1) is 11.3. The number of hydrogen-bond donors (Lipinski definition) is 1. The van der Waals surface area contributed by atoms with Crippen LogP contribution in [0.25, 0.3) is 0 Å². The molecule has 2 rings (SSSR count). The third kappa shape index (κ3) is 4.19. The van der Waals surface area contributed by atoms with Crippen molar-refractivity contribution in [2.75, 3.05) is 6.54 Å². The summed E-state index contributed by atoms with van der Waals surface area (Å²) >= 11 is 3.40. The summed E-state index contributed by atoms with van der Waals surface area (Å²) in [5.41, 5.74) is 1.57. The van der Waals surface area contributed by atoms with Gasteiger partial charge in [0.1, 0.15) is 17.9 Å². The molecule has 0 aliphatic heterocycles. The molecular weight excluding hydrogens is 380 g/mol. The molecule has 130 valence electrons. The van der Waals surface area contributed by atoms with E-state index in [1.165, 1.54) is 4.68 Å². The maximum atomic E-state index is 12.0. The summed E-state index contributed by atoms with van der Waals surface area (Å²) in [6.07, 6.45) is 2.63. The smallest absolute Gasteiger partial charge is 0.312 e. The Kier molecular flexibility index (Phi) is 5.71. The van der Waals surface area contributed by atoms with Crippen molar-refractivity contribution in [3.05, 3.63) is 37.9 Å². The van der Waals surface area contributed by atoms with Gasteiger partial charge in [-0.3, -0.25) is 24.3 Å². The lowest BCUT2D eigenvalue weighted by molar-refractivity contribution is -0.386. The highest BCUT2D eigenvalue weighted by atomic mass is 79.9. The van der Waals surface area contributed by atoms with E-state index in [1.807, 2.05) is 17.8 Å². The number of rotatable bonds is 7. The van der Waals surface area contributed by atoms with E-state index in [4.69, 9.17) is 0 Å². The first-order valence-corrected chi connectivity index (χ1v) is 8.23. The summed E-state index contributed by atoms with van der Waals surface area (Å²) < 4.78 is 4.13. The Labute approximate surface area is 147 Å². The van der Waals surface area contributed by atoms with Gasteiger partial charge >= 0.3 is 5.69 Å². The van der Waals surface area contributed by atoms with Crippen LogP contribution in [0.3, 0.4) is 0 Å². The minimum atomic E-state index is -0.476. The lowest BCUT2D eigenvalue weighted by Crippen LogP contribution is -2.29. The zero-order valence-corrected chi connectivity index (χ0v) is 15.3. The Hall–Kier alpha value is -2.23. The largest absolute Gasteiger partial charge is 0.354 e. The number of halogens is 1. The molecule has 24 heavy (non-hydrogen) atoms. The van der Waals surface area contributed by atoms with E-state index in [2.05, 4.69) is 31.4 Å². The van der Waals surface area contributed by atoms with E-state index in [-0.39, 0.29) is 18.1 Å². The van der Waals surface area contributed by atoms with Gasteiger partial charge < -0.3 is 5.32 Å². The van der Waals surface area contributed by atoms with Gasteiger partial charge in [-0.2, -0.15) is 10.2 Å². The standard InChI is InChI=1S/C14H19BrN6O3/c1-9-12(15)7-19(17-9)6-4-5-16-13(22)8-20-11(3)14(21(23)24)10(2)18-20/h7H,4-6,8H2,1-3H3,(H,16,22). The average molecular weight is 399 g/mol. The second kappa shape index (κ2) is 7.56. The zero-order valence-electron chi connectivity index (χ0n) is 13.7. The lowest BCUT2D eigenvalue weighted by Gasteiger charge is -2.06. The minimum Gasteiger partial charge on any atom is -0.354 e. The van der Waals surface area contributed by atoms with Crippen molar-refractivity contribution in [1.29, 1.82) is 0 Å². The molecule has 0 unspecified atom stereocenters. The summed E-state index contributed by atoms with van der Waals surface area (Å²) in [5.74, 6) is -0.228. The SMILES string of the molecule is Cc1nn(CCCNC(=O)Cn2nc(C)c([N+](=O)[O-])c2C)cc1Br. The van der Waals surface area contributed by atoms with Crippen molar-refractivity contribution in [1.82, 2.24) is 24.9 Å². The molecule has 2 aromatic rings. The fourth-order valence-electron chi connectivity index (χ4n) is 2.37. The Morgan fingerprint density at radius 2 is 2.04 bits per heavy atom. The molecule has 10 heteroatoms. The number of nitro groups is 1. The second-order valence-electron chi connectivity index (χ2n) is 5.46. The molecule has 0 atom stereocenters. The fraction of sp³-hybridized carbons (Fsp3) is 0.500. The Morgan fingerprint density at radius 1 is 1.33 bits per heavy atom. The first kappa shape index (κ1) is 18.1. The van der Waals surface area contributed by atoms with Gasteiger partial charge in [-0.25, -0.2) is 0 Å². The van der Waals surface area contributed by atoms with Crippen molar-refractivity contribution in [2.45, 2.75) is 40.3 Å². The molecule has 0 aliphatic rings. The highest BCUT2D eigenvalue weighted by Gasteiger charge is 2.22.